The second-order valence-electron chi connectivity index (χ2n) is 6.13. The highest BCUT2D eigenvalue weighted by Crippen LogP contribution is 2.40. The fraction of sp³-hybridized carbons (Fsp3) is 0.667. The summed E-state index contributed by atoms with van der Waals surface area (Å²) in [5.41, 5.74) is 1.52. The number of aryl methyl sites for hydroxylation is 1. The van der Waals surface area contributed by atoms with Crippen LogP contribution in [0.2, 0.25) is 0 Å². The molecule has 3 nitrogen and oxygen atoms in total. The third kappa shape index (κ3) is 2.17. The number of piperidine rings is 1. The van der Waals surface area contributed by atoms with Crippen LogP contribution < -0.4 is 0 Å². The van der Waals surface area contributed by atoms with Gasteiger partial charge in [-0.15, -0.1) is 0 Å². The minimum atomic E-state index is -0.543. The predicted octanol–water partition coefficient (Wildman–Crippen LogP) is 1.92. The van der Waals surface area contributed by atoms with Gasteiger partial charge >= 0.3 is 0 Å². The molecule has 1 aromatic rings. The Morgan fingerprint density at radius 2 is 2.00 bits per heavy atom. The third-order valence-electron chi connectivity index (χ3n) is 4.67. The summed E-state index contributed by atoms with van der Waals surface area (Å²) < 4.78 is 0. The number of aromatic nitrogens is 1. The molecule has 0 aliphatic carbocycles. The van der Waals surface area contributed by atoms with Crippen molar-refractivity contribution in [2.24, 2.45) is 0 Å². The summed E-state index contributed by atoms with van der Waals surface area (Å²) in [5, 5.41) is 10.8. The highest BCUT2D eigenvalue weighted by Gasteiger charge is 2.45. The smallest absolute Gasteiger partial charge is 0.0732 e. The lowest BCUT2D eigenvalue weighted by atomic mass is 9.82. The van der Waals surface area contributed by atoms with E-state index in [1.165, 1.54) is 12.8 Å². The zero-order valence-electron chi connectivity index (χ0n) is 11.3. The Labute approximate surface area is 109 Å². The number of aliphatic hydroxyl groups is 1. The van der Waals surface area contributed by atoms with E-state index in [9.17, 15) is 5.11 Å². The van der Waals surface area contributed by atoms with Gasteiger partial charge in [0.15, 0.2) is 0 Å². The molecule has 2 fully saturated rings. The molecule has 0 radical (unpaired) electrons. The second-order valence-corrected chi connectivity index (χ2v) is 6.13. The Bertz CT molecular complexity index is 432. The van der Waals surface area contributed by atoms with Crippen molar-refractivity contribution in [3.05, 3.63) is 29.6 Å². The van der Waals surface area contributed by atoms with Crippen LogP contribution in [0.15, 0.2) is 18.2 Å². The lowest BCUT2D eigenvalue weighted by molar-refractivity contribution is -0.0443. The Kier molecular flexibility index (Phi) is 2.91. The summed E-state index contributed by atoms with van der Waals surface area (Å²) in [6.07, 6.45) is 4.98. The molecule has 3 heteroatoms. The van der Waals surface area contributed by atoms with E-state index < -0.39 is 5.60 Å². The van der Waals surface area contributed by atoms with E-state index in [1.807, 2.05) is 25.1 Å². The number of fused-ring (bicyclic) bond motifs is 2. The second kappa shape index (κ2) is 4.32. The highest BCUT2D eigenvalue weighted by molar-refractivity contribution is 5.14. The lowest BCUT2D eigenvalue weighted by Gasteiger charge is -2.42. The van der Waals surface area contributed by atoms with Gasteiger partial charge < -0.3 is 10.0 Å². The standard InChI is InChI=1S/C15H22N2O/c1-11-4-3-5-12(16-11)8-15(18)9-13-6-7-14(10-15)17(13)2/h3-5,13-14,18H,6-10H2,1-2H3. The zero-order valence-corrected chi connectivity index (χ0v) is 11.3. The summed E-state index contributed by atoms with van der Waals surface area (Å²) in [4.78, 5) is 6.98. The molecular formula is C15H22N2O. The van der Waals surface area contributed by atoms with Crippen molar-refractivity contribution in [3.63, 3.8) is 0 Å². The molecule has 0 spiro atoms. The predicted molar refractivity (Wildman–Crippen MR) is 71.4 cm³/mol. The fourth-order valence-corrected chi connectivity index (χ4v) is 3.72. The van der Waals surface area contributed by atoms with Crippen LogP contribution in [0.5, 0.6) is 0 Å². The molecule has 98 valence electrons. The highest BCUT2D eigenvalue weighted by atomic mass is 16.3. The molecule has 2 bridgehead atoms. The van der Waals surface area contributed by atoms with Gasteiger partial charge in [-0.2, -0.15) is 0 Å². The molecule has 0 amide bonds. The molecule has 2 unspecified atom stereocenters. The molecular weight excluding hydrogens is 224 g/mol. The maximum absolute atomic E-state index is 10.8. The Morgan fingerprint density at radius 1 is 1.33 bits per heavy atom. The van der Waals surface area contributed by atoms with Gasteiger partial charge in [0.25, 0.3) is 0 Å². The molecule has 2 atom stereocenters. The molecule has 0 saturated carbocycles. The van der Waals surface area contributed by atoms with Crippen molar-refractivity contribution in [2.75, 3.05) is 7.05 Å². The van der Waals surface area contributed by atoms with Gasteiger partial charge in [-0.1, -0.05) is 6.07 Å². The summed E-state index contributed by atoms with van der Waals surface area (Å²) in [7, 11) is 2.20. The average molecular weight is 246 g/mol. The van der Waals surface area contributed by atoms with Crippen molar-refractivity contribution in [1.82, 2.24) is 9.88 Å². The summed E-state index contributed by atoms with van der Waals surface area (Å²) in [6, 6.07) is 7.21. The van der Waals surface area contributed by atoms with Crippen LogP contribution in [0.25, 0.3) is 0 Å². The van der Waals surface area contributed by atoms with Crippen LogP contribution in [-0.4, -0.2) is 39.7 Å². The molecule has 3 heterocycles. The Balaban J connectivity index is 1.76. The number of hydrogen-bond acceptors (Lipinski definition) is 3. The third-order valence-corrected chi connectivity index (χ3v) is 4.67. The van der Waals surface area contributed by atoms with Gasteiger partial charge in [-0.05, 0) is 51.8 Å². The van der Waals surface area contributed by atoms with Gasteiger partial charge in [-0.3, -0.25) is 4.98 Å². The van der Waals surface area contributed by atoms with Gasteiger partial charge in [0.2, 0.25) is 0 Å². The molecule has 2 aliphatic rings. The van der Waals surface area contributed by atoms with Crippen LogP contribution in [0.1, 0.15) is 37.1 Å². The normalized spacial score (nSPS) is 35.9. The molecule has 18 heavy (non-hydrogen) atoms. The van der Waals surface area contributed by atoms with Crippen molar-refractivity contribution in [3.8, 4) is 0 Å². The zero-order chi connectivity index (χ0) is 12.8. The molecule has 0 aromatic carbocycles. The Hall–Kier alpha value is -0.930. The van der Waals surface area contributed by atoms with E-state index in [0.717, 1.165) is 24.2 Å². The van der Waals surface area contributed by atoms with Gasteiger partial charge in [-0.25, -0.2) is 0 Å². The van der Waals surface area contributed by atoms with Crippen LogP contribution in [0.3, 0.4) is 0 Å². The number of nitrogens with zero attached hydrogens (tertiary/aromatic N) is 2. The summed E-state index contributed by atoms with van der Waals surface area (Å²) in [5.74, 6) is 0. The molecule has 2 saturated heterocycles. The van der Waals surface area contributed by atoms with Crippen LogP contribution in [-0.2, 0) is 6.42 Å². The fourth-order valence-electron chi connectivity index (χ4n) is 3.72. The van der Waals surface area contributed by atoms with Crippen LogP contribution >= 0.6 is 0 Å². The molecule has 1 N–H and O–H groups in total. The number of pyridine rings is 1. The van der Waals surface area contributed by atoms with Crippen molar-refractivity contribution < 1.29 is 5.11 Å². The lowest BCUT2D eigenvalue weighted by Crippen LogP contribution is -2.50. The van der Waals surface area contributed by atoms with E-state index >= 15 is 0 Å². The topological polar surface area (TPSA) is 36.4 Å². The summed E-state index contributed by atoms with van der Waals surface area (Å²) >= 11 is 0. The first-order valence-corrected chi connectivity index (χ1v) is 6.93. The van der Waals surface area contributed by atoms with Gasteiger partial charge in [0.05, 0.1) is 5.60 Å². The minimum Gasteiger partial charge on any atom is -0.389 e. The monoisotopic (exact) mass is 246 g/mol. The van der Waals surface area contributed by atoms with Crippen LogP contribution in [0.4, 0.5) is 0 Å². The maximum atomic E-state index is 10.8. The molecule has 1 aromatic heterocycles. The first kappa shape index (κ1) is 12.1. The number of hydrogen-bond donors (Lipinski definition) is 1. The molecule has 2 aliphatic heterocycles. The van der Waals surface area contributed by atoms with E-state index in [1.54, 1.807) is 0 Å². The van der Waals surface area contributed by atoms with Gasteiger partial charge in [0.1, 0.15) is 0 Å². The minimum absolute atomic E-state index is 0.543. The maximum Gasteiger partial charge on any atom is 0.0732 e. The van der Waals surface area contributed by atoms with Crippen LogP contribution in [0, 0.1) is 6.92 Å². The molecule has 3 rings (SSSR count). The van der Waals surface area contributed by atoms with Crippen molar-refractivity contribution >= 4 is 0 Å². The first-order valence-electron chi connectivity index (χ1n) is 6.93. The SMILES string of the molecule is Cc1cccc(CC2(O)CC3CCC(C2)N3C)n1. The van der Waals surface area contributed by atoms with E-state index in [-0.39, 0.29) is 0 Å². The van der Waals surface area contributed by atoms with Crippen molar-refractivity contribution in [1.29, 1.82) is 0 Å². The quantitative estimate of drug-likeness (QED) is 0.866. The number of rotatable bonds is 2. The van der Waals surface area contributed by atoms with E-state index in [0.29, 0.717) is 18.5 Å². The van der Waals surface area contributed by atoms with Gasteiger partial charge in [0, 0.05) is 29.9 Å². The largest absolute Gasteiger partial charge is 0.389 e. The van der Waals surface area contributed by atoms with Crippen molar-refractivity contribution in [2.45, 2.75) is 56.7 Å². The van der Waals surface area contributed by atoms with E-state index in [4.69, 9.17) is 0 Å². The first-order chi connectivity index (χ1) is 8.56. The van der Waals surface area contributed by atoms with E-state index in [2.05, 4.69) is 16.9 Å². The average Bonchev–Trinajstić information content (AvgIpc) is 2.54. The summed E-state index contributed by atoms with van der Waals surface area (Å²) in [6.45, 7) is 2.01. The Morgan fingerprint density at radius 3 is 2.61 bits per heavy atom.